The van der Waals surface area contributed by atoms with Gasteiger partial charge in [-0.1, -0.05) is 55.1 Å². The normalized spacial score (nSPS) is 17.7. The molecule has 3 aromatic rings. The molecule has 0 saturated carbocycles. The van der Waals surface area contributed by atoms with Gasteiger partial charge in [-0.25, -0.2) is 9.59 Å². The third kappa shape index (κ3) is 7.76. The highest BCUT2D eigenvalue weighted by Gasteiger charge is 2.43. The molecule has 41 heavy (non-hydrogen) atoms. The van der Waals surface area contributed by atoms with E-state index in [0.29, 0.717) is 6.61 Å². The van der Waals surface area contributed by atoms with Gasteiger partial charge in [-0.05, 0) is 50.5 Å². The number of amides is 2. The van der Waals surface area contributed by atoms with Gasteiger partial charge in [-0.3, -0.25) is 9.69 Å². The standard InChI is InChI=1S/C32H39N3O6/c1-6-21-12-14-22(15-13-21)20-40-24-17-28(35(19-24)31(38)41-32(3,4)5)29(36)34-27(30(37)39-7-2)16-23-18-33-26-11-9-8-10-25(23)26/h6,8-15,18,24,27-28,33H,1,7,16-17,19-20H2,2-5H3,(H,34,36)/t24-,27+,28+/m1/s1. The fourth-order valence-corrected chi connectivity index (χ4v) is 4.88. The van der Waals surface area contributed by atoms with E-state index in [9.17, 15) is 14.4 Å². The zero-order valence-corrected chi connectivity index (χ0v) is 24.1. The summed E-state index contributed by atoms with van der Waals surface area (Å²) in [6.45, 7) is 11.5. The zero-order valence-electron chi connectivity index (χ0n) is 24.1. The summed E-state index contributed by atoms with van der Waals surface area (Å²) in [5.74, 6) is -1.00. The number of aromatic amines is 1. The van der Waals surface area contributed by atoms with Crippen LogP contribution in [0.1, 0.15) is 50.8 Å². The molecule has 1 aliphatic heterocycles. The number of aromatic nitrogens is 1. The predicted octanol–water partition coefficient (Wildman–Crippen LogP) is 5.00. The third-order valence-electron chi connectivity index (χ3n) is 6.88. The number of rotatable bonds is 10. The Bertz CT molecular complexity index is 1370. The van der Waals surface area contributed by atoms with E-state index in [1.54, 1.807) is 33.8 Å². The number of para-hydroxylation sites is 1. The van der Waals surface area contributed by atoms with Crippen molar-refractivity contribution < 1.29 is 28.6 Å². The third-order valence-corrected chi connectivity index (χ3v) is 6.88. The second-order valence-electron chi connectivity index (χ2n) is 11.1. The predicted molar refractivity (Wildman–Crippen MR) is 157 cm³/mol. The van der Waals surface area contributed by atoms with Crippen LogP contribution in [0.5, 0.6) is 0 Å². The number of carbonyl (C=O) groups excluding carboxylic acids is 3. The quantitative estimate of drug-likeness (QED) is 0.337. The number of nitrogens with zero attached hydrogens (tertiary/aromatic N) is 1. The lowest BCUT2D eigenvalue weighted by molar-refractivity contribution is -0.147. The van der Waals surface area contributed by atoms with Crippen LogP contribution in [0.4, 0.5) is 4.79 Å². The highest BCUT2D eigenvalue weighted by molar-refractivity contribution is 5.91. The molecular weight excluding hydrogens is 522 g/mol. The van der Waals surface area contributed by atoms with Crippen molar-refractivity contribution in [2.45, 2.75) is 70.9 Å². The first-order chi connectivity index (χ1) is 19.6. The van der Waals surface area contributed by atoms with E-state index in [2.05, 4.69) is 16.9 Å². The lowest BCUT2D eigenvalue weighted by atomic mass is 10.0. The first kappa shape index (κ1) is 29.9. The first-order valence-electron chi connectivity index (χ1n) is 13.9. The number of fused-ring (bicyclic) bond motifs is 1. The minimum Gasteiger partial charge on any atom is -0.464 e. The maximum Gasteiger partial charge on any atom is 0.411 e. The largest absolute Gasteiger partial charge is 0.464 e. The van der Waals surface area contributed by atoms with Crippen molar-refractivity contribution in [2.24, 2.45) is 0 Å². The van der Waals surface area contributed by atoms with E-state index in [0.717, 1.165) is 27.6 Å². The van der Waals surface area contributed by atoms with Gasteiger partial charge >= 0.3 is 12.1 Å². The molecule has 2 heterocycles. The van der Waals surface area contributed by atoms with Crippen LogP contribution in [0.25, 0.3) is 17.0 Å². The molecule has 2 amide bonds. The summed E-state index contributed by atoms with van der Waals surface area (Å²) in [5, 5.41) is 3.82. The number of hydrogen-bond acceptors (Lipinski definition) is 6. The van der Waals surface area contributed by atoms with E-state index in [1.807, 2.05) is 54.7 Å². The van der Waals surface area contributed by atoms with Crippen LogP contribution in [-0.2, 0) is 36.8 Å². The van der Waals surface area contributed by atoms with Crippen LogP contribution in [0.2, 0.25) is 0 Å². The Labute approximate surface area is 240 Å². The summed E-state index contributed by atoms with van der Waals surface area (Å²) in [6, 6.07) is 13.7. The zero-order chi connectivity index (χ0) is 29.6. The summed E-state index contributed by atoms with van der Waals surface area (Å²) in [5.41, 5.74) is 3.03. The van der Waals surface area contributed by atoms with Gasteiger partial charge in [-0.2, -0.15) is 0 Å². The molecule has 4 rings (SSSR count). The van der Waals surface area contributed by atoms with Crippen LogP contribution < -0.4 is 5.32 Å². The molecule has 9 heteroatoms. The Balaban J connectivity index is 1.50. The number of esters is 1. The minimum absolute atomic E-state index is 0.177. The Morgan fingerprint density at radius 1 is 1.15 bits per heavy atom. The lowest BCUT2D eigenvalue weighted by Crippen LogP contribution is -2.52. The smallest absolute Gasteiger partial charge is 0.411 e. The van der Waals surface area contributed by atoms with Crippen molar-refractivity contribution in [3.8, 4) is 0 Å². The van der Waals surface area contributed by atoms with Crippen LogP contribution in [0, 0.1) is 0 Å². The van der Waals surface area contributed by atoms with Crippen molar-refractivity contribution in [3.63, 3.8) is 0 Å². The molecule has 1 fully saturated rings. The molecule has 2 N–H and O–H groups in total. The molecule has 0 bridgehead atoms. The van der Waals surface area contributed by atoms with Crippen LogP contribution in [0.15, 0.2) is 61.3 Å². The fourth-order valence-electron chi connectivity index (χ4n) is 4.88. The van der Waals surface area contributed by atoms with E-state index >= 15 is 0 Å². The summed E-state index contributed by atoms with van der Waals surface area (Å²) < 4.78 is 17.0. The number of nitrogens with one attached hydrogen (secondary N) is 2. The first-order valence-corrected chi connectivity index (χ1v) is 13.9. The van der Waals surface area contributed by atoms with E-state index in [-0.39, 0.29) is 26.0 Å². The van der Waals surface area contributed by atoms with Crippen LogP contribution in [0.3, 0.4) is 0 Å². The number of likely N-dealkylation sites (tertiary alicyclic amines) is 1. The second kappa shape index (κ2) is 13.0. The molecule has 0 aliphatic carbocycles. The highest BCUT2D eigenvalue weighted by Crippen LogP contribution is 2.25. The number of benzene rings is 2. The average Bonchev–Trinajstić information content (AvgIpc) is 3.56. The second-order valence-corrected chi connectivity index (χ2v) is 11.1. The van der Waals surface area contributed by atoms with E-state index in [4.69, 9.17) is 14.2 Å². The topological polar surface area (TPSA) is 110 Å². The van der Waals surface area contributed by atoms with Crippen LogP contribution >= 0.6 is 0 Å². The van der Waals surface area contributed by atoms with Crippen molar-refractivity contribution in [1.82, 2.24) is 15.2 Å². The molecule has 1 aromatic heterocycles. The molecular formula is C32H39N3O6. The maximum atomic E-state index is 13.7. The highest BCUT2D eigenvalue weighted by atomic mass is 16.6. The fraction of sp³-hybridized carbons (Fsp3) is 0.406. The maximum absolute atomic E-state index is 13.7. The summed E-state index contributed by atoms with van der Waals surface area (Å²) in [7, 11) is 0. The molecule has 1 saturated heterocycles. The number of ether oxygens (including phenoxy) is 3. The molecule has 3 atom stereocenters. The summed E-state index contributed by atoms with van der Waals surface area (Å²) in [4.78, 5) is 44.4. The summed E-state index contributed by atoms with van der Waals surface area (Å²) >= 11 is 0. The Kier molecular flexibility index (Phi) is 9.50. The molecule has 1 aliphatic rings. The summed E-state index contributed by atoms with van der Waals surface area (Å²) in [6.07, 6.45) is 3.09. The van der Waals surface area contributed by atoms with Crippen molar-refractivity contribution in [3.05, 3.63) is 78.0 Å². The molecule has 0 unspecified atom stereocenters. The monoisotopic (exact) mass is 561 g/mol. The number of carbonyl (C=O) groups is 3. The van der Waals surface area contributed by atoms with Gasteiger partial charge in [-0.15, -0.1) is 0 Å². The van der Waals surface area contributed by atoms with Gasteiger partial charge in [0.05, 0.1) is 25.9 Å². The number of hydrogen-bond donors (Lipinski definition) is 2. The minimum atomic E-state index is -0.939. The van der Waals surface area contributed by atoms with E-state index < -0.39 is 41.8 Å². The lowest BCUT2D eigenvalue weighted by Gasteiger charge is -2.28. The van der Waals surface area contributed by atoms with Gasteiger partial charge in [0.25, 0.3) is 0 Å². The van der Waals surface area contributed by atoms with Crippen LogP contribution in [-0.4, -0.2) is 64.8 Å². The average molecular weight is 562 g/mol. The Hall–Kier alpha value is -4.11. The number of H-pyrrole nitrogens is 1. The molecule has 218 valence electrons. The SMILES string of the molecule is C=Cc1ccc(CO[C@@H]2C[C@@H](C(=O)N[C@@H](Cc3c[nH]c4ccccc34)C(=O)OCC)N(C(=O)OC(C)(C)C)C2)cc1. The van der Waals surface area contributed by atoms with Crippen molar-refractivity contribution in [2.75, 3.05) is 13.2 Å². The Morgan fingerprint density at radius 3 is 2.56 bits per heavy atom. The van der Waals surface area contributed by atoms with Gasteiger partial charge in [0.1, 0.15) is 17.7 Å². The van der Waals surface area contributed by atoms with Gasteiger partial charge in [0, 0.05) is 29.9 Å². The molecule has 9 nitrogen and oxygen atoms in total. The Morgan fingerprint density at radius 2 is 1.88 bits per heavy atom. The van der Waals surface area contributed by atoms with Crippen molar-refractivity contribution >= 4 is 34.9 Å². The van der Waals surface area contributed by atoms with Gasteiger partial charge in [0.15, 0.2) is 0 Å². The molecule has 0 spiro atoms. The molecule has 2 aromatic carbocycles. The van der Waals surface area contributed by atoms with E-state index in [1.165, 1.54) is 4.90 Å². The molecule has 0 radical (unpaired) electrons. The van der Waals surface area contributed by atoms with Gasteiger partial charge < -0.3 is 24.5 Å². The van der Waals surface area contributed by atoms with Gasteiger partial charge in [0.2, 0.25) is 5.91 Å². The van der Waals surface area contributed by atoms with Crippen molar-refractivity contribution in [1.29, 1.82) is 0 Å².